The lowest BCUT2D eigenvalue weighted by molar-refractivity contribution is -0.128. The summed E-state index contributed by atoms with van der Waals surface area (Å²) in [5.41, 5.74) is 0.421. The van der Waals surface area contributed by atoms with Crippen LogP contribution in [0, 0.1) is 11.3 Å². The van der Waals surface area contributed by atoms with Crippen LogP contribution in [0.5, 0.6) is 0 Å². The summed E-state index contributed by atoms with van der Waals surface area (Å²) in [5.74, 6) is -0.545. The maximum absolute atomic E-state index is 13.1. The van der Waals surface area contributed by atoms with E-state index in [1.165, 1.54) is 6.08 Å². The van der Waals surface area contributed by atoms with Crippen LogP contribution in [0.25, 0.3) is 0 Å². The van der Waals surface area contributed by atoms with E-state index in [2.05, 4.69) is 18.0 Å². The number of rotatable bonds is 3. The fraction of sp³-hybridized carbons (Fsp3) is 0.450. The van der Waals surface area contributed by atoms with Crippen LogP contribution in [0.2, 0.25) is 0 Å². The summed E-state index contributed by atoms with van der Waals surface area (Å²) < 4.78 is 6.03. The Morgan fingerprint density at radius 3 is 2.85 bits per heavy atom. The Labute approximate surface area is 153 Å². The molecular weight excluding hydrogens is 330 g/mol. The van der Waals surface area contributed by atoms with Crippen molar-refractivity contribution in [1.82, 2.24) is 4.90 Å². The van der Waals surface area contributed by atoms with Crippen molar-refractivity contribution in [2.75, 3.05) is 18.5 Å². The van der Waals surface area contributed by atoms with Gasteiger partial charge in [0, 0.05) is 24.4 Å². The third kappa shape index (κ3) is 3.49. The van der Waals surface area contributed by atoms with Gasteiger partial charge in [0.05, 0.1) is 6.07 Å². The molecule has 0 saturated carbocycles. The van der Waals surface area contributed by atoms with E-state index in [0.29, 0.717) is 24.4 Å². The van der Waals surface area contributed by atoms with Crippen molar-refractivity contribution in [2.24, 2.45) is 0 Å². The van der Waals surface area contributed by atoms with Gasteiger partial charge in [-0.05, 0) is 56.4 Å². The minimum absolute atomic E-state index is 0.209. The van der Waals surface area contributed by atoms with E-state index in [4.69, 9.17) is 4.74 Å². The molecule has 0 aromatic heterocycles. The standard InChI is InChI=1S/C20H23N3O3/c1-2-18(24)22-16-8-5-7-15(13-16)19(25)23-11-6-10-20(17(23)14-21)9-3-4-12-26-20/h2,5,7-8,13,17H,1,3-4,6,9-12H2,(H,22,24). The quantitative estimate of drug-likeness (QED) is 0.847. The zero-order chi connectivity index (χ0) is 18.6. The van der Waals surface area contributed by atoms with E-state index < -0.39 is 11.6 Å². The number of ether oxygens (including phenoxy) is 1. The normalized spacial score (nSPS) is 25.3. The molecule has 2 amide bonds. The lowest BCUT2D eigenvalue weighted by Gasteiger charge is -2.48. The lowest BCUT2D eigenvalue weighted by atomic mass is 9.79. The van der Waals surface area contributed by atoms with Crippen molar-refractivity contribution >= 4 is 17.5 Å². The van der Waals surface area contributed by atoms with Crippen LogP contribution >= 0.6 is 0 Å². The Bertz CT molecular complexity index is 741. The molecule has 2 aliphatic heterocycles. The number of hydrogen-bond acceptors (Lipinski definition) is 4. The number of nitrogens with one attached hydrogen (secondary N) is 1. The first-order valence-corrected chi connectivity index (χ1v) is 8.98. The monoisotopic (exact) mass is 353 g/mol. The first-order valence-electron chi connectivity index (χ1n) is 8.98. The van der Waals surface area contributed by atoms with Crippen LogP contribution < -0.4 is 5.32 Å². The van der Waals surface area contributed by atoms with Gasteiger partial charge in [0.2, 0.25) is 5.91 Å². The minimum Gasteiger partial charge on any atom is -0.372 e. The molecule has 0 bridgehead atoms. The minimum atomic E-state index is -0.588. The van der Waals surface area contributed by atoms with Gasteiger partial charge in [-0.3, -0.25) is 9.59 Å². The largest absolute Gasteiger partial charge is 0.372 e. The van der Waals surface area contributed by atoms with Gasteiger partial charge >= 0.3 is 0 Å². The Morgan fingerprint density at radius 2 is 2.15 bits per heavy atom. The van der Waals surface area contributed by atoms with Crippen LogP contribution in [-0.4, -0.2) is 41.5 Å². The van der Waals surface area contributed by atoms with Crippen LogP contribution in [0.3, 0.4) is 0 Å². The second kappa shape index (κ2) is 7.71. The summed E-state index contributed by atoms with van der Waals surface area (Å²) in [6.07, 6.45) is 5.63. The van der Waals surface area contributed by atoms with Gasteiger partial charge in [0.25, 0.3) is 5.91 Å². The van der Waals surface area contributed by atoms with Crippen molar-refractivity contribution in [3.8, 4) is 6.07 Å². The number of hydrogen-bond donors (Lipinski definition) is 1. The van der Waals surface area contributed by atoms with Gasteiger partial charge in [0.1, 0.15) is 11.6 Å². The number of benzene rings is 1. The van der Waals surface area contributed by atoms with Crippen LogP contribution in [0.4, 0.5) is 5.69 Å². The molecule has 2 saturated heterocycles. The SMILES string of the molecule is C=CC(=O)Nc1cccc(C(=O)N2CCCC3(CCCCO3)C2C#N)c1. The number of nitriles is 1. The molecular formula is C20H23N3O3. The molecule has 1 spiro atoms. The molecule has 3 rings (SSSR count). The predicted octanol–water partition coefficient (Wildman–Crippen LogP) is 2.88. The fourth-order valence-electron chi connectivity index (χ4n) is 3.88. The van der Waals surface area contributed by atoms with E-state index in [9.17, 15) is 14.9 Å². The molecule has 2 fully saturated rings. The third-order valence-electron chi connectivity index (χ3n) is 5.14. The molecule has 1 N–H and O–H groups in total. The molecule has 136 valence electrons. The molecule has 26 heavy (non-hydrogen) atoms. The Morgan fingerprint density at radius 1 is 1.35 bits per heavy atom. The predicted molar refractivity (Wildman–Crippen MR) is 97.5 cm³/mol. The number of nitrogens with zero attached hydrogens (tertiary/aromatic N) is 2. The van der Waals surface area contributed by atoms with E-state index in [-0.39, 0.29) is 11.8 Å². The maximum Gasteiger partial charge on any atom is 0.255 e. The number of carbonyl (C=O) groups excluding carboxylic acids is 2. The molecule has 1 aromatic rings. The number of anilines is 1. The molecule has 1 aromatic carbocycles. The van der Waals surface area contributed by atoms with Gasteiger partial charge < -0.3 is 15.0 Å². The number of piperidine rings is 1. The highest BCUT2D eigenvalue weighted by Gasteiger charge is 2.48. The summed E-state index contributed by atoms with van der Waals surface area (Å²) >= 11 is 0. The van der Waals surface area contributed by atoms with Gasteiger partial charge in [0.15, 0.2) is 0 Å². The summed E-state index contributed by atoms with van der Waals surface area (Å²) in [4.78, 5) is 26.2. The Kier molecular flexibility index (Phi) is 5.38. The second-order valence-electron chi connectivity index (χ2n) is 6.78. The van der Waals surface area contributed by atoms with E-state index >= 15 is 0 Å². The van der Waals surface area contributed by atoms with Crippen molar-refractivity contribution < 1.29 is 14.3 Å². The molecule has 2 unspecified atom stereocenters. The number of carbonyl (C=O) groups is 2. The van der Waals surface area contributed by atoms with Gasteiger partial charge in [-0.15, -0.1) is 0 Å². The Hall–Kier alpha value is -2.65. The number of likely N-dealkylation sites (tertiary alicyclic amines) is 1. The molecule has 2 aliphatic rings. The summed E-state index contributed by atoms with van der Waals surface area (Å²) in [6.45, 7) is 4.60. The zero-order valence-electron chi connectivity index (χ0n) is 14.7. The smallest absolute Gasteiger partial charge is 0.255 e. The van der Waals surface area contributed by atoms with E-state index in [1.807, 2.05) is 0 Å². The average molecular weight is 353 g/mol. The first-order chi connectivity index (χ1) is 12.6. The maximum atomic E-state index is 13.1. The highest BCUT2D eigenvalue weighted by atomic mass is 16.5. The van der Waals surface area contributed by atoms with Gasteiger partial charge in [-0.25, -0.2) is 0 Å². The van der Waals surface area contributed by atoms with Crippen LogP contribution in [0.1, 0.15) is 42.5 Å². The van der Waals surface area contributed by atoms with E-state index in [0.717, 1.165) is 32.1 Å². The van der Waals surface area contributed by atoms with Crippen molar-refractivity contribution in [2.45, 2.75) is 43.7 Å². The number of amides is 2. The summed E-state index contributed by atoms with van der Waals surface area (Å²) in [5, 5.41) is 12.4. The molecule has 6 nitrogen and oxygen atoms in total. The fourth-order valence-corrected chi connectivity index (χ4v) is 3.88. The summed E-state index contributed by atoms with van der Waals surface area (Å²) in [7, 11) is 0. The molecule has 2 heterocycles. The van der Waals surface area contributed by atoms with Gasteiger partial charge in [-0.1, -0.05) is 12.6 Å². The average Bonchev–Trinajstić information content (AvgIpc) is 2.68. The van der Waals surface area contributed by atoms with Crippen molar-refractivity contribution in [3.05, 3.63) is 42.5 Å². The van der Waals surface area contributed by atoms with Crippen LogP contribution in [0.15, 0.2) is 36.9 Å². The molecule has 2 atom stereocenters. The highest BCUT2D eigenvalue weighted by Crippen LogP contribution is 2.38. The molecule has 6 heteroatoms. The Balaban J connectivity index is 1.84. The topological polar surface area (TPSA) is 82.4 Å². The zero-order valence-corrected chi connectivity index (χ0v) is 14.7. The highest BCUT2D eigenvalue weighted by molar-refractivity contribution is 6.01. The molecule has 0 radical (unpaired) electrons. The summed E-state index contributed by atoms with van der Waals surface area (Å²) in [6, 6.07) is 8.48. The lowest BCUT2D eigenvalue weighted by Crippen LogP contribution is -2.60. The van der Waals surface area contributed by atoms with Crippen molar-refractivity contribution in [3.63, 3.8) is 0 Å². The molecule has 0 aliphatic carbocycles. The van der Waals surface area contributed by atoms with Crippen molar-refractivity contribution in [1.29, 1.82) is 5.26 Å². The van der Waals surface area contributed by atoms with Crippen LogP contribution in [-0.2, 0) is 9.53 Å². The van der Waals surface area contributed by atoms with E-state index in [1.54, 1.807) is 29.2 Å². The third-order valence-corrected chi connectivity index (χ3v) is 5.14. The second-order valence-corrected chi connectivity index (χ2v) is 6.78. The first kappa shape index (κ1) is 18.2. The van der Waals surface area contributed by atoms with Gasteiger partial charge in [-0.2, -0.15) is 5.26 Å².